The minimum absolute atomic E-state index is 0.0453. The molecular formula is C16H19ClF3N3O3S. The van der Waals surface area contributed by atoms with E-state index in [0.29, 0.717) is 12.6 Å². The number of hydrogen-bond acceptors (Lipinski definition) is 4. The first kappa shape index (κ1) is 21.7. The van der Waals surface area contributed by atoms with Gasteiger partial charge in [0, 0.05) is 32.7 Å². The van der Waals surface area contributed by atoms with Crippen LogP contribution in [0.25, 0.3) is 0 Å². The van der Waals surface area contributed by atoms with Crippen LogP contribution in [0.2, 0.25) is 5.02 Å². The zero-order valence-corrected chi connectivity index (χ0v) is 15.9. The monoisotopic (exact) mass is 425 g/mol. The highest BCUT2D eigenvalue weighted by molar-refractivity contribution is 7.89. The van der Waals surface area contributed by atoms with Gasteiger partial charge < -0.3 is 5.32 Å². The molecule has 1 fully saturated rings. The Balaban J connectivity index is 2.09. The van der Waals surface area contributed by atoms with Crippen molar-refractivity contribution in [2.45, 2.75) is 11.1 Å². The molecular weight excluding hydrogens is 407 g/mol. The average Bonchev–Trinajstić information content (AvgIpc) is 2.59. The number of hydrogen-bond donors (Lipinski definition) is 1. The number of carbonyl (C=O) groups is 1. The van der Waals surface area contributed by atoms with Crippen LogP contribution in [-0.2, 0) is 21.0 Å². The van der Waals surface area contributed by atoms with Crippen LogP contribution in [0.4, 0.5) is 13.2 Å². The molecule has 11 heteroatoms. The van der Waals surface area contributed by atoms with Crippen molar-refractivity contribution in [3.63, 3.8) is 0 Å². The summed E-state index contributed by atoms with van der Waals surface area (Å²) in [5, 5.41) is 2.35. The number of sulfonamides is 1. The molecule has 0 radical (unpaired) electrons. The molecule has 0 aliphatic carbocycles. The van der Waals surface area contributed by atoms with Gasteiger partial charge in [-0.3, -0.25) is 9.69 Å². The van der Waals surface area contributed by atoms with Crippen LogP contribution in [0.5, 0.6) is 0 Å². The molecule has 0 aromatic heterocycles. The van der Waals surface area contributed by atoms with Crippen molar-refractivity contribution in [2.75, 3.05) is 39.3 Å². The van der Waals surface area contributed by atoms with Crippen LogP contribution in [0.15, 0.2) is 35.7 Å². The van der Waals surface area contributed by atoms with E-state index < -0.39 is 26.7 Å². The number of nitrogens with zero attached hydrogens (tertiary/aromatic N) is 2. The molecule has 1 aliphatic heterocycles. The van der Waals surface area contributed by atoms with Gasteiger partial charge >= 0.3 is 6.18 Å². The van der Waals surface area contributed by atoms with E-state index >= 15 is 0 Å². The summed E-state index contributed by atoms with van der Waals surface area (Å²) in [5.74, 6) is -0.216. The van der Waals surface area contributed by atoms with Crippen molar-refractivity contribution in [3.8, 4) is 0 Å². The van der Waals surface area contributed by atoms with Gasteiger partial charge in [0.05, 0.1) is 17.1 Å². The highest BCUT2D eigenvalue weighted by atomic mass is 35.5. The number of amides is 1. The van der Waals surface area contributed by atoms with E-state index in [-0.39, 0.29) is 43.7 Å². The standard InChI is InChI=1S/C16H19ClF3N3O3S/c1-2-5-21-15(24)11-22-6-8-23(9-7-22)27(25,26)14-10-12(16(18,19)20)3-4-13(14)17/h2-4,10H,1,5-9,11H2,(H,21,24). The summed E-state index contributed by atoms with van der Waals surface area (Å²) in [6.07, 6.45) is -3.13. The number of rotatable bonds is 6. The Hall–Kier alpha value is -1.62. The van der Waals surface area contributed by atoms with Crippen molar-refractivity contribution >= 4 is 27.5 Å². The van der Waals surface area contributed by atoms with Crippen LogP contribution in [0.3, 0.4) is 0 Å². The molecule has 1 aliphatic rings. The van der Waals surface area contributed by atoms with Gasteiger partial charge in [-0.25, -0.2) is 8.42 Å². The molecule has 1 saturated heterocycles. The second kappa shape index (κ2) is 8.59. The van der Waals surface area contributed by atoms with Gasteiger partial charge in [0.2, 0.25) is 15.9 Å². The number of piperazine rings is 1. The fourth-order valence-corrected chi connectivity index (χ4v) is 4.51. The molecule has 1 N–H and O–H groups in total. The first-order chi connectivity index (χ1) is 12.6. The maximum absolute atomic E-state index is 12.9. The Morgan fingerprint density at radius 1 is 1.26 bits per heavy atom. The molecule has 150 valence electrons. The van der Waals surface area contributed by atoms with Crippen LogP contribution < -0.4 is 5.32 Å². The summed E-state index contributed by atoms with van der Waals surface area (Å²) in [5.41, 5.74) is -1.08. The maximum atomic E-state index is 12.9. The molecule has 1 amide bonds. The second-order valence-corrected chi connectivity index (χ2v) is 8.23. The molecule has 0 saturated carbocycles. The third-order valence-electron chi connectivity index (χ3n) is 4.02. The Morgan fingerprint density at radius 3 is 2.44 bits per heavy atom. The smallest absolute Gasteiger partial charge is 0.352 e. The van der Waals surface area contributed by atoms with Crippen molar-refractivity contribution in [3.05, 3.63) is 41.4 Å². The second-order valence-electron chi connectivity index (χ2n) is 5.92. The van der Waals surface area contributed by atoms with Crippen LogP contribution in [0, 0.1) is 0 Å². The fraction of sp³-hybridized carbons (Fsp3) is 0.438. The van der Waals surface area contributed by atoms with Gasteiger partial charge in [-0.1, -0.05) is 17.7 Å². The largest absolute Gasteiger partial charge is 0.416 e. The summed E-state index contributed by atoms with van der Waals surface area (Å²) < 4.78 is 65.2. The van der Waals surface area contributed by atoms with Gasteiger partial charge in [-0.2, -0.15) is 17.5 Å². The highest BCUT2D eigenvalue weighted by Crippen LogP contribution is 2.34. The van der Waals surface area contributed by atoms with E-state index in [1.165, 1.54) is 0 Å². The summed E-state index contributed by atoms with van der Waals surface area (Å²) in [7, 11) is -4.18. The lowest BCUT2D eigenvalue weighted by atomic mass is 10.2. The zero-order valence-electron chi connectivity index (χ0n) is 14.3. The molecule has 6 nitrogen and oxygen atoms in total. The van der Waals surface area contributed by atoms with Gasteiger partial charge in [0.1, 0.15) is 4.90 Å². The Bertz CT molecular complexity index is 807. The Kier molecular flexibility index (Phi) is 6.90. The molecule has 0 unspecified atom stereocenters. The molecule has 1 heterocycles. The van der Waals surface area contributed by atoms with E-state index in [9.17, 15) is 26.4 Å². The lowest BCUT2D eigenvalue weighted by Crippen LogP contribution is -2.51. The van der Waals surface area contributed by atoms with Gasteiger partial charge in [-0.15, -0.1) is 6.58 Å². The molecule has 0 atom stereocenters. The quantitative estimate of drug-likeness (QED) is 0.707. The minimum atomic E-state index is -4.67. The predicted octanol–water partition coefficient (Wildman–Crippen LogP) is 1.97. The van der Waals surface area contributed by atoms with Crippen molar-refractivity contribution < 1.29 is 26.4 Å². The van der Waals surface area contributed by atoms with Gasteiger partial charge in [0.15, 0.2) is 0 Å². The molecule has 2 rings (SSSR count). The lowest BCUT2D eigenvalue weighted by Gasteiger charge is -2.33. The van der Waals surface area contributed by atoms with Gasteiger partial charge in [0.25, 0.3) is 0 Å². The van der Waals surface area contributed by atoms with Crippen molar-refractivity contribution in [1.29, 1.82) is 0 Å². The number of alkyl halides is 3. The summed E-state index contributed by atoms with van der Waals surface area (Å²) >= 11 is 5.85. The van der Waals surface area contributed by atoms with E-state index in [1.54, 1.807) is 11.0 Å². The third-order valence-corrected chi connectivity index (χ3v) is 6.40. The molecule has 27 heavy (non-hydrogen) atoms. The van der Waals surface area contributed by atoms with Crippen LogP contribution in [-0.4, -0.2) is 62.8 Å². The molecule has 0 bridgehead atoms. The number of nitrogens with one attached hydrogen (secondary N) is 1. The summed E-state index contributed by atoms with van der Waals surface area (Å²) in [6.45, 7) is 4.57. The topological polar surface area (TPSA) is 69.7 Å². The maximum Gasteiger partial charge on any atom is 0.416 e. The van der Waals surface area contributed by atoms with Crippen LogP contribution in [0.1, 0.15) is 5.56 Å². The Labute approximate surface area is 160 Å². The molecule has 0 spiro atoms. The van der Waals surface area contributed by atoms with E-state index in [4.69, 9.17) is 11.6 Å². The van der Waals surface area contributed by atoms with E-state index in [0.717, 1.165) is 16.4 Å². The SMILES string of the molecule is C=CCNC(=O)CN1CCN(S(=O)(=O)c2cc(C(F)(F)F)ccc2Cl)CC1. The van der Waals surface area contributed by atoms with Crippen molar-refractivity contribution in [1.82, 2.24) is 14.5 Å². The van der Waals surface area contributed by atoms with Crippen LogP contribution >= 0.6 is 11.6 Å². The van der Waals surface area contributed by atoms with Gasteiger partial charge in [-0.05, 0) is 18.2 Å². The predicted molar refractivity (Wildman–Crippen MR) is 94.9 cm³/mol. The molecule has 1 aromatic carbocycles. The number of benzene rings is 1. The first-order valence-electron chi connectivity index (χ1n) is 8.02. The number of halogens is 4. The fourth-order valence-electron chi connectivity index (χ4n) is 2.59. The highest BCUT2D eigenvalue weighted by Gasteiger charge is 2.35. The Morgan fingerprint density at radius 2 is 1.89 bits per heavy atom. The van der Waals surface area contributed by atoms with E-state index in [1.807, 2.05) is 0 Å². The molecule has 1 aromatic rings. The normalized spacial score (nSPS) is 16.9. The van der Waals surface area contributed by atoms with Crippen molar-refractivity contribution in [2.24, 2.45) is 0 Å². The zero-order chi connectivity index (χ0) is 20.2. The lowest BCUT2D eigenvalue weighted by molar-refractivity contribution is -0.137. The van der Waals surface area contributed by atoms with E-state index in [2.05, 4.69) is 11.9 Å². The third kappa shape index (κ3) is 5.44. The minimum Gasteiger partial charge on any atom is -0.352 e. The summed E-state index contributed by atoms with van der Waals surface area (Å²) in [6, 6.07) is 2.21. The number of carbonyl (C=O) groups excluding carboxylic acids is 1. The summed E-state index contributed by atoms with van der Waals surface area (Å²) in [4.78, 5) is 12.9. The first-order valence-corrected chi connectivity index (χ1v) is 9.84. The average molecular weight is 426 g/mol.